The van der Waals surface area contributed by atoms with Crippen LogP contribution in [0.25, 0.3) is 77.8 Å². The van der Waals surface area contributed by atoms with Crippen LogP contribution in [-0.2, 0) is 0 Å². The maximum absolute atomic E-state index is 6.46. The lowest BCUT2D eigenvalue weighted by Crippen LogP contribution is -2.10. The molecule has 1 aromatic heterocycles. The van der Waals surface area contributed by atoms with Crippen molar-refractivity contribution in [2.75, 3.05) is 4.90 Å². The van der Waals surface area contributed by atoms with Crippen LogP contribution in [0.15, 0.2) is 223 Å². The quantitative estimate of drug-likeness (QED) is 0.157. The van der Waals surface area contributed by atoms with Gasteiger partial charge in [0.05, 0.1) is 0 Å². The molecule has 1 heterocycles. The van der Waals surface area contributed by atoms with E-state index in [0.29, 0.717) is 5.89 Å². The van der Waals surface area contributed by atoms with Gasteiger partial charge in [0.25, 0.3) is 0 Å². The van der Waals surface area contributed by atoms with Gasteiger partial charge in [0.1, 0.15) is 5.52 Å². The summed E-state index contributed by atoms with van der Waals surface area (Å²) in [5.74, 6) is 0.628. The van der Waals surface area contributed by atoms with Gasteiger partial charge in [-0.1, -0.05) is 164 Å². The van der Waals surface area contributed by atoms with Crippen molar-refractivity contribution in [3.63, 3.8) is 0 Å². The average molecular weight is 717 g/mol. The number of rotatable bonds is 8. The minimum Gasteiger partial charge on any atom is -0.435 e. The Morgan fingerprint density at radius 3 is 1.41 bits per heavy atom. The fourth-order valence-corrected chi connectivity index (χ4v) is 7.64. The summed E-state index contributed by atoms with van der Waals surface area (Å²) in [5.41, 5.74) is 15.1. The minimum atomic E-state index is 0.628. The van der Waals surface area contributed by atoms with E-state index in [1.807, 2.05) is 30.3 Å². The Morgan fingerprint density at radius 2 is 0.804 bits per heavy atom. The van der Waals surface area contributed by atoms with Gasteiger partial charge in [-0.2, -0.15) is 0 Å². The Morgan fingerprint density at radius 1 is 0.339 bits per heavy atom. The number of benzene rings is 9. The van der Waals surface area contributed by atoms with E-state index in [9.17, 15) is 0 Å². The van der Waals surface area contributed by atoms with Crippen LogP contribution in [0.4, 0.5) is 17.1 Å². The molecule has 0 aliphatic carbocycles. The van der Waals surface area contributed by atoms with Crippen LogP contribution >= 0.6 is 0 Å². The highest BCUT2D eigenvalue weighted by atomic mass is 16.3. The Labute approximate surface area is 326 Å². The predicted molar refractivity (Wildman–Crippen MR) is 233 cm³/mol. The smallest absolute Gasteiger partial charge is 0.227 e. The molecule has 10 rings (SSSR count). The third kappa shape index (κ3) is 6.31. The summed E-state index contributed by atoms with van der Waals surface area (Å²) in [6.45, 7) is 0. The molecule has 0 atom stereocenters. The molecule has 0 aliphatic rings. The van der Waals surface area contributed by atoms with Gasteiger partial charge >= 0.3 is 0 Å². The molecular formula is C53H36N2O. The number of oxazole rings is 1. The van der Waals surface area contributed by atoms with Crippen molar-refractivity contribution in [1.82, 2.24) is 4.98 Å². The molecule has 0 saturated heterocycles. The molecule has 56 heavy (non-hydrogen) atoms. The molecule has 3 heteroatoms. The molecule has 0 amide bonds. The first-order valence-corrected chi connectivity index (χ1v) is 18.9. The maximum atomic E-state index is 6.46. The van der Waals surface area contributed by atoms with Crippen LogP contribution in [0, 0.1) is 0 Å². The van der Waals surface area contributed by atoms with Gasteiger partial charge in [-0.3, -0.25) is 0 Å². The highest BCUT2D eigenvalue weighted by Crippen LogP contribution is 2.40. The molecule has 9 aromatic carbocycles. The number of nitrogens with zero attached hydrogens (tertiary/aromatic N) is 2. The Bertz CT molecular complexity index is 2920. The number of anilines is 3. The van der Waals surface area contributed by atoms with Crippen molar-refractivity contribution in [2.24, 2.45) is 0 Å². The molecule has 0 aliphatic heterocycles. The summed E-state index contributed by atoms with van der Waals surface area (Å²) in [5, 5.41) is 2.18. The van der Waals surface area contributed by atoms with Crippen molar-refractivity contribution < 1.29 is 4.42 Å². The Hall–Kier alpha value is -7.49. The molecular weight excluding hydrogens is 681 g/mol. The van der Waals surface area contributed by atoms with Crippen molar-refractivity contribution in [3.8, 4) is 56.0 Å². The van der Waals surface area contributed by atoms with E-state index in [-0.39, 0.29) is 0 Å². The first kappa shape index (κ1) is 33.1. The monoisotopic (exact) mass is 716 g/mol. The van der Waals surface area contributed by atoms with Gasteiger partial charge in [-0.15, -0.1) is 0 Å². The van der Waals surface area contributed by atoms with Gasteiger partial charge in [-0.25, -0.2) is 4.98 Å². The SMILES string of the molecule is c1ccc(-c2ccc(N(c3ccc(-c4ccc(-c5cc6ccccc6c6oc(-c7ccccc7)nc56)cc4)cc3)c3cccc(-c4ccccc4)c3)cc2)cc1. The zero-order chi connectivity index (χ0) is 37.3. The molecule has 0 fully saturated rings. The Balaban J connectivity index is 0.998. The second kappa shape index (κ2) is 14.4. The lowest BCUT2D eigenvalue weighted by molar-refractivity contribution is 0.623. The first-order chi connectivity index (χ1) is 27.7. The van der Waals surface area contributed by atoms with E-state index in [1.54, 1.807) is 0 Å². The normalized spacial score (nSPS) is 11.2. The molecule has 0 radical (unpaired) electrons. The van der Waals surface area contributed by atoms with E-state index in [2.05, 4.69) is 193 Å². The van der Waals surface area contributed by atoms with E-state index >= 15 is 0 Å². The summed E-state index contributed by atoms with van der Waals surface area (Å²) in [7, 11) is 0. The Kier molecular flexibility index (Phi) is 8.51. The predicted octanol–water partition coefficient (Wildman–Crippen LogP) is 14.8. The van der Waals surface area contributed by atoms with Crippen molar-refractivity contribution in [1.29, 1.82) is 0 Å². The second-order valence-electron chi connectivity index (χ2n) is 14.0. The van der Waals surface area contributed by atoms with Crippen LogP contribution in [0.5, 0.6) is 0 Å². The van der Waals surface area contributed by atoms with Crippen LogP contribution in [0.2, 0.25) is 0 Å². The zero-order valence-corrected chi connectivity index (χ0v) is 30.6. The molecule has 0 bridgehead atoms. The van der Waals surface area contributed by atoms with Crippen molar-refractivity contribution >= 4 is 38.9 Å². The van der Waals surface area contributed by atoms with E-state index in [0.717, 1.165) is 66.8 Å². The van der Waals surface area contributed by atoms with E-state index in [4.69, 9.17) is 9.40 Å². The highest BCUT2D eigenvalue weighted by molar-refractivity contribution is 6.10. The second-order valence-corrected chi connectivity index (χ2v) is 14.0. The maximum Gasteiger partial charge on any atom is 0.227 e. The third-order valence-electron chi connectivity index (χ3n) is 10.5. The van der Waals surface area contributed by atoms with Gasteiger partial charge in [0.15, 0.2) is 5.58 Å². The lowest BCUT2D eigenvalue weighted by Gasteiger charge is -2.26. The van der Waals surface area contributed by atoms with Crippen LogP contribution < -0.4 is 4.90 Å². The fourth-order valence-electron chi connectivity index (χ4n) is 7.64. The largest absolute Gasteiger partial charge is 0.435 e. The topological polar surface area (TPSA) is 29.3 Å². The van der Waals surface area contributed by atoms with E-state index in [1.165, 1.54) is 22.3 Å². The molecule has 0 spiro atoms. The molecule has 0 unspecified atom stereocenters. The number of aromatic nitrogens is 1. The summed E-state index contributed by atoms with van der Waals surface area (Å²) < 4.78 is 6.46. The summed E-state index contributed by atoms with van der Waals surface area (Å²) in [4.78, 5) is 7.37. The van der Waals surface area contributed by atoms with E-state index < -0.39 is 0 Å². The summed E-state index contributed by atoms with van der Waals surface area (Å²) in [6.07, 6.45) is 0. The summed E-state index contributed by atoms with van der Waals surface area (Å²) >= 11 is 0. The number of hydrogen-bond acceptors (Lipinski definition) is 3. The van der Waals surface area contributed by atoms with Crippen molar-refractivity contribution in [2.45, 2.75) is 0 Å². The molecule has 0 saturated carbocycles. The first-order valence-electron chi connectivity index (χ1n) is 18.9. The molecule has 3 nitrogen and oxygen atoms in total. The van der Waals surface area contributed by atoms with Gasteiger partial charge in [0.2, 0.25) is 5.89 Å². The fraction of sp³-hybridized carbons (Fsp3) is 0. The lowest BCUT2D eigenvalue weighted by atomic mass is 9.97. The average Bonchev–Trinajstić information content (AvgIpc) is 3.74. The van der Waals surface area contributed by atoms with Crippen LogP contribution in [-0.4, -0.2) is 4.98 Å². The highest BCUT2D eigenvalue weighted by Gasteiger charge is 2.18. The van der Waals surface area contributed by atoms with Gasteiger partial charge < -0.3 is 9.32 Å². The zero-order valence-electron chi connectivity index (χ0n) is 30.6. The summed E-state index contributed by atoms with van der Waals surface area (Å²) in [6, 6.07) is 77.1. The van der Waals surface area contributed by atoms with Gasteiger partial charge in [-0.05, 0) is 98.9 Å². The van der Waals surface area contributed by atoms with Crippen LogP contribution in [0.3, 0.4) is 0 Å². The molecule has 0 N–H and O–H groups in total. The standard InChI is InChI=1S/C53H36N2O/c1-4-13-37(14-5-1)40-27-31-46(32-28-40)55(48-21-12-20-44(35-48)38-15-6-2-7-16-38)47-33-29-41(30-34-47)39-23-25-42(26-24-39)50-36-45-19-10-11-22-49(45)52-51(50)54-53(56-52)43-17-8-3-9-18-43/h1-36H. The molecule has 264 valence electrons. The minimum absolute atomic E-state index is 0.628. The van der Waals surface area contributed by atoms with Crippen LogP contribution in [0.1, 0.15) is 0 Å². The number of fused-ring (bicyclic) bond motifs is 3. The third-order valence-corrected chi connectivity index (χ3v) is 10.5. The molecule has 10 aromatic rings. The van der Waals surface area contributed by atoms with Gasteiger partial charge in [0, 0.05) is 33.6 Å². The van der Waals surface area contributed by atoms with Crippen molar-refractivity contribution in [3.05, 3.63) is 218 Å². The number of hydrogen-bond donors (Lipinski definition) is 0.